The standard InChI is InChI=1S/C27H48N4/c1-2-12-24-27-17-6-3-5-13-23(29(27)20-11-22-31(24)27)14-9-15-25-26-16-7-4-8-18-28(26)19-10-21-30(25)26/h23-25H,2-22H2,1H3. The van der Waals surface area contributed by atoms with Gasteiger partial charge in [-0.1, -0.05) is 51.9 Å². The molecule has 0 aromatic carbocycles. The zero-order valence-electron chi connectivity index (χ0n) is 20.4. The molecule has 0 aromatic rings. The molecule has 0 N–H and O–H groups in total. The summed E-state index contributed by atoms with van der Waals surface area (Å²) in [4.78, 5) is 11.9. The third-order valence-electron chi connectivity index (χ3n) is 10.4. The molecule has 6 heterocycles. The van der Waals surface area contributed by atoms with Crippen LogP contribution in [0.1, 0.15) is 110 Å². The lowest BCUT2D eigenvalue weighted by atomic mass is 9.90. The lowest BCUT2D eigenvalue weighted by molar-refractivity contribution is 0.0199. The highest BCUT2D eigenvalue weighted by Crippen LogP contribution is 2.55. The molecule has 4 nitrogen and oxygen atoms in total. The summed E-state index contributed by atoms with van der Waals surface area (Å²) in [5.74, 6) is 0. The van der Waals surface area contributed by atoms with Gasteiger partial charge in [0.25, 0.3) is 0 Å². The quantitative estimate of drug-likeness (QED) is 0.550. The molecule has 31 heavy (non-hydrogen) atoms. The first-order valence-electron chi connectivity index (χ1n) is 14.4. The number of rotatable bonds is 6. The Labute approximate surface area is 191 Å². The van der Waals surface area contributed by atoms with E-state index in [0.29, 0.717) is 11.3 Å². The summed E-state index contributed by atoms with van der Waals surface area (Å²) in [6.07, 6.45) is 23.2. The van der Waals surface area contributed by atoms with Crippen LogP contribution < -0.4 is 0 Å². The molecular weight excluding hydrogens is 380 g/mol. The molecule has 0 saturated carbocycles. The maximum atomic E-state index is 3.08. The van der Waals surface area contributed by atoms with Gasteiger partial charge in [0.2, 0.25) is 0 Å². The minimum atomic E-state index is 0.493. The molecule has 7 unspecified atom stereocenters. The van der Waals surface area contributed by atoms with Gasteiger partial charge in [0.15, 0.2) is 0 Å². The van der Waals surface area contributed by atoms with Crippen molar-refractivity contribution in [1.29, 1.82) is 0 Å². The van der Waals surface area contributed by atoms with E-state index < -0.39 is 0 Å². The molecule has 0 aromatic heterocycles. The number of hydrogen-bond acceptors (Lipinski definition) is 4. The summed E-state index contributed by atoms with van der Waals surface area (Å²) in [6, 6.07) is 2.64. The van der Waals surface area contributed by atoms with E-state index >= 15 is 0 Å². The van der Waals surface area contributed by atoms with Crippen LogP contribution in [0.2, 0.25) is 0 Å². The lowest BCUT2D eigenvalue weighted by Crippen LogP contribution is -2.53. The molecule has 6 rings (SSSR count). The van der Waals surface area contributed by atoms with E-state index in [-0.39, 0.29) is 0 Å². The van der Waals surface area contributed by atoms with E-state index in [9.17, 15) is 0 Å². The largest absolute Gasteiger partial charge is 0.284 e. The summed E-state index contributed by atoms with van der Waals surface area (Å²) < 4.78 is 0. The molecule has 0 aliphatic carbocycles. The summed E-state index contributed by atoms with van der Waals surface area (Å²) in [6.45, 7) is 9.29. The second-order valence-electron chi connectivity index (χ2n) is 11.8. The van der Waals surface area contributed by atoms with Crippen LogP contribution in [0.4, 0.5) is 0 Å². The summed E-state index contributed by atoms with van der Waals surface area (Å²) in [7, 11) is 0. The molecule has 6 aliphatic heterocycles. The van der Waals surface area contributed by atoms with E-state index in [4.69, 9.17) is 0 Å². The molecule has 7 atom stereocenters. The topological polar surface area (TPSA) is 12.5 Å². The fraction of sp³-hybridized carbons (Fsp3) is 1.00. The molecule has 0 amide bonds. The van der Waals surface area contributed by atoms with Crippen LogP contribution in [-0.4, -0.2) is 81.8 Å². The van der Waals surface area contributed by atoms with Gasteiger partial charge in [-0.15, -0.1) is 0 Å². The zero-order chi connectivity index (χ0) is 20.9. The van der Waals surface area contributed by atoms with Crippen LogP contribution in [0.25, 0.3) is 0 Å². The van der Waals surface area contributed by atoms with E-state index in [2.05, 4.69) is 26.5 Å². The third kappa shape index (κ3) is 3.37. The molecule has 4 heteroatoms. The number of hydrogen-bond donors (Lipinski definition) is 0. The summed E-state index contributed by atoms with van der Waals surface area (Å²) in [5, 5.41) is 0. The summed E-state index contributed by atoms with van der Waals surface area (Å²) >= 11 is 0. The molecule has 6 fully saturated rings. The van der Waals surface area contributed by atoms with Crippen LogP contribution in [0, 0.1) is 0 Å². The van der Waals surface area contributed by atoms with Gasteiger partial charge in [-0.25, -0.2) is 0 Å². The van der Waals surface area contributed by atoms with Crippen LogP contribution >= 0.6 is 0 Å². The monoisotopic (exact) mass is 428 g/mol. The van der Waals surface area contributed by atoms with Gasteiger partial charge in [-0.2, -0.15) is 0 Å². The van der Waals surface area contributed by atoms with Gasteiger partial charge >= 0.3 is 0 Å². The maximum absolute atomic E-state index is 3.08. The van der Waals surface area contributed by atoms with E-state index in [0.717, 1.165) is 18.1 Å². The average Bonchev–Trinajstić information content (AvgIpc) is 3.64. The first kappa shape index (κ1) is 21.4. The van der Waals surface area contributed by atoms with Gasteiger partial charge in [0, 0.05) is 44.3 Å². The van der Waals surface area contributed by atoms with Gasteiger partial charge in [-0.05, 0) is 64.3 Å². The van der Waals surface area contributed by atoms with Crippen LogP contribution in [0.3, 0.4) is 0 Å². The van der Waals surface area contributed by atoms with E-state index in [1.807, 2.05) is 0 Å². The van der Waals surface area contributed by atoms with Gasteiger partial charge in [0.05, 0.1) is 11.3 Å². The van der Waals surface area contributed by atoms with Crippen LogP contribution in [0.15, 0.2) is 0 Å². The molecule has 2 spiro atoms. The second-order valence-corrected chi connectivity index (χ2v) is 11.8. The average molecular weight is 429 g/mol. The third-order valence-corrected chi connectivity index (χ3v) is 10.4. The van der Waals surface area contributed by atoms with Crippen molar-refractivity contribution in [2.24, 2.45) is 0 Å². The van der Waals surface area contributed by atoms with Crippen molar-refractivity contribution < 1.29 is 0 Å². The van der Waals surface area contributed by atoms with Gasteiger partial charge < -0.3 is 0 Å². The normalized spacial score (nSPS) is 47.7. The maximum Gasteiger partial charge on any atom is 0.0904 e. The van der Waals surface area contributed by atoms with Crippen molar-refractivity contribution in [2.45, 2.75) is 139 Å². The zero-order valence-corrected chi connectivity index (χ0v) is 20.4. The molecular formula is C27H48N4. The predicted molar refractivity (Wildman–Crippen MR) is 128 cm³/mol. The van der Waals surface area contributed by atoms with Crippen LogP contribution in [-0.2, 0) is 0 Å². The van der Waals surface area contributed by atoms with Crippen molar-refractivity contribution in [3.8, 4) is 0 Å². The van der Waals surface area contributed by atoms with Gasteiger partial charge in [-0.3, -0.25) is 19.6 Å². The van der Waals surface area contributed by atoms with E-state index in [1.54, 1.807) is 0 Å². The lowest BCUT2D eigenvalue weighted by Gasteiger charge is -2.44. The van der Waals surface area contributed by atoms with Crippen molar-refractivity contribution in [2.75, 3.05) is 32.7 Å². The molecule has 6 aliphatic rings. The molecule has 176 valence electrons. The highest BCUT2D eigenvalue weighted by molar-refractivity contribution is 5.20. The molecule has 0 radical (unpaired) electrons. The van der Waals surface area contributed by atoms with Crippen molar-refractivity contribution >= 4 is 0 Å². The SMILES string of the molecule is CCCC1N2CCCN3C(CCCC4N5CCCN6CCCCCC465)CCCCCC132. The Balaban J connectivity index is 1.11. The number of nitrogens with zero attached hydrogens (tertiary/aromatic N) is 4. The Kier molecular flexibility index (Phi) is 5.90. The van der Waals surface area contributed by atoms with Crippen molar-refractivity contribution in [1.82, 2.24) is 19.6 Å². The minimum absolute atomic E-state index is 0.493. The Morgan fingerprint density at radius 2 is 1.29 bits per heavy atom. The van der Waals surface area contributed by atoms with E-state index in [1.165, 1.54) is 135 Å². The first-order valence-corrected chi connectivity index (χ1v) is 14.4. The Morgan fingerprint density at radius 3 is 2.16 bits per heavy atom. The molecule has 0 bridgehead atoms. The van der Waals surface area contributed by atoms with Crippen molar-refractivity contribution in [3.63, 3.8) is 0 Å². The Bertz CT molecular complexity index is 639. The Hall–Kier alpha value is -0.160. The fourth-order valence-corrected chi connectivity index (χ4v) is 9.15. The second kappa shape index (κ2) is 8.56. The van der Waals surface area contributed by atoms with Crippen LogP contribution in [0.5, 0.6) is 0 Å². The smallest absolute Gasteiger partial charge is 0.0904 e. The fourth-order valence-electron chi connectivity index (χ4n) is 9.15. The van der Waals surface area contributed by atoms with Crippen molar-refractivity contribution in [3.05, 3.63) is 0 Å². The summed E-state index contributed by atoms with van der Waals surface area (Å²) in [5.41, 5.74) is 1.01. The highest BCUT2D eigenvalue weighted by Gasteiger charge is 2.67. The first-order chi connectivity index (χ1) is 15.3. The predicted octanol–water partition coefficient (Wildman–Crippen LogP) is 5.04. The molecule has 6 saturated heterocycles. The minimum Gasteiger partial charge on any atom is -0.284 e. The Morgan fingerprint density at radius 1 is 0.613 bits per heavy atom. The van der Waals surface area contributed by atoms with Gasteiger partial charge in [0.1, 0.15) is 0 Å². The highest BCUT2D eigenvalue weighted by atomic mass is 15.6.